The zero-order chi connectivity index (χ0) is 18.2. The number of amides is 1. The lowest BCUT2D eigenvalue weighted by Gasteiger charge is -2.17. The Morgan fingerprint density at radius 1 is 1.32 bits per heavy atom. The molecule has 0 bridgehead atoms. The lowest BCUT2D eigenvalue weighted by Crippen LogP contribution is -2.48. The summed E-state index contributed by atoms with van der Waals surface area (Å²) in [6, 6.07) is 5.62. The van der Waals surface area contributed by atoms with Crippen LogP contribution in [0.2, 0.25) is 0 Å². The highest BCUT2D eigenvalue weighted by Crippen LogP contribution is 2.12. The van der Waals surface area contributed by atoms with Gasteiger partial charge in [-0.25, -0.2) is 4.98 Å². The molecule has 2 aromatic rings. The lowest BCUT2D eigenvalue weighted by atomic mass is 9.99. The molecule has 2 rings (SSSR count). The van der Waals surface area contributed by atoms with Gasteiger partial charge in [-0.05, 0) is 43.6 Å². The van der Waals surface area contributed by atoms with Crippen LogP contribution in [0.25, 0.3) is 5.65 Å². The van der Waals surface area contributed by atoms with Gasteiger partial charge in [0.2, 0.25) is 0 Å². The van der Waals surface area contributed by atoms with Crippen molar-refractivity contribution in [3.8, 4) is 0 Å². The molecule has 1 atom stereocenters. The van der Waals surface area contributed by atoms with Crippen molar-refractivity contribution in [2.45, 2.75) is 46.5 Å². The molecule has 0 radical (unpaired) electrons. The first kappa shape index (κ1) is 19.2. The molecule has 0 spiro atoms. The van der Waals surface area contributed by atoms with Gasteiger partial charge in [-0.1, -0.05) is 39.2 Å². The standard InChI is InChI=1S/C18H27N5OS/c1-4-6-9-14(5-2)12-19-18(25)22-21-17(24)16-13(3)20-15-10-7-8-11-23(15)16/h7-8,10-11,14H,4-6,9,12H2,1-3H3,(H,21,24)(H2,19,22,25)/t14-/m1/s1. The first-order valence-corrected chi connectivity index (χ1v) is 9.25. The highest BCUT2D eigenvalue weighted by Gasteiger charge is 2.16. The number of hydrazine groups is 1. The van der Waals surface area contributed by atoms with Crippen LogP contribution in [-0.4, -0.2) is 26.9 Å². The maximum atomic E-state index is 12.5. The molecule has 0 saturated heterocycles. The molecule has 6 nitrogen and oxygen atoms in total. The quantitative estimate of drug-likeness (QED) is 0.522. The number of unbranched alkanes of at least 4 members (excludes halogenated alkanes) is 1. The van der Waals surface area contributed by atoms with Crippen molar-refractivity contribution < 1.29 is 4.79 Å². The number of hydrogen-bond donors (Lipinski definition) is 3. The Kier molecular flexibility index (Phi) is 7.18. The van der Waals surface area contributed by atoms with E-state index in [1.807, 2.05) is 31.3 Å². The molecule has 3 N–H and O–H groups in total. The van der Waals surface area contributed by atoms with E-state index in [1.54, 1.807) is 4.40 Å². The Labute approximate surface area is 154 Å². The molecule has 136 valence electrons. The van der Waals surface area contributed by atoms with Gasteiger partial charge in [-0.15, -0.1) is 0 Å². The summed E-state index contributed by atoms with van der Waals surface area (Å²) < 4.78 is 1.76. The van der Waals surface area contributed by atoms with Crippen LogP contribution in [0.15, 0.2) is 24.4 Å². The van der Waals surface area contributed by atoms with Crippen LogP contribution < -0.4 is 16.2 Å². The molecule has 0 aromatic carbocycles. The Bertz CT molecular complexity index is 727. The molecule has 2 heterocycles. The van der Waals surface area contributed by atoms with E-state index in [0.29, 0.717) is 22.4 Å². The average molecular weight is 362 g/mol. The SMILES string of the molecule is CCCC[C@@H](CC)CNC(=S)NNC(=O)c1c(C)nc2ccccn12. The fourth-order valence-corrected chi connectivity index (χ4v) is 2.92. The van der Waals surface area contributed by atoms with E-state index in [4.69, 9.17) is 12.2 Å². The van der Waals surface area contributed by atoms with E-state index in [2.05, 4.69) is 35.0 Å². The molecular formula is C18H27N5OS. The number of aromatic nitrogens is 2. The van der Waals surface area contributed by atoms with Gasteiger partial charge in [0.25, 0.3) is 5.91 Å². The van der Waals surface area contributed by atoms with Crippen LogP contribution in [-0.2, 0) is 0 Å². The number of aryl methyl sites for hydroxylation is 1. The van der Waals surface area contributed by atoms with Crippen LogP contribution in [0.1, 0.15) is 55.7 Å². The van der Waals surface area contributed by atoms with E-state index in [-0.39, 0.29) is 5.91 Å². The third-order valence-corrected chi connectivity index (χ3v) is 4.55. The van der Waals surface area contributed by atoms with Crippen molar-refractivity contribution in [1.82, 2.24) is 25.6 Å². The summed E-state index contributed by atoms with van der Waals surface area (Å²) in [5.74, 6) is 0.329. The average Bonchev–Trinajstić information content (AvgIpc) is 2.95. The highest BCUT2D eigenvalue weighted by molar-refractivity contribution is 7.80. The minimum Gasteiger partial charge on any atom is -0.361 e. The van der Waals surface area contributed by atoms with Crippen LogP contribution in [0.5, 0.6) is 0 Å². The lowest BCUT2D eigenvalue weighted by molar-refractivity contribution is 0.0937. The minimum absolute atomic E-state index is 0.265. The summed E-state index contributed by atoms with van der Waals surface area (Å²) in [6.45, 7) is 7.02. The van der Waals surface area contributed by atoms with E-state index < -0.39 is 0 Å². The predicted molar refractivity (Wildman–Crippen MR) is 104 cm³/mol. The second-order valence-electron chi connectivity index (χ2n) is 6.18. The van der Waals surface area contributed by atoms with E-state index >= 15 is 0 Å². The van der Waals surface area contributed by atoms with Crippen LogP contribution >= 0.6 is 12.2 Å². The van der Waals surface area contributed by atoms with E-state index in [1.165, 1.54) is 19.3 Å². The molecule has 25 heavy (non-hydrogen) atoms. The van der Waals surface area contributed by atoms with Gasteiger partial charge in [0.1, 0.15) is 11.3 Å². The normalized spacial score (nSPS) is 12.0. The second kappa shape index (κ2) is 9.36. The number of rotatable bonds is 7. The van der Waals surface area contributed by atoms with Gasteiger partial charge < -0.3 is 5.32 Å². The second-order valence-corrected chi connectivity index (χ2v) is 6.59. The van der Waals surface area contributed by atoms with Crippen molar-refractivity contribution in [2.24, 2.45) is 5.92 Å². The monoisotopic (exact) mass is 361 g/mol. The molecule has 0 unspecified atom stereocenters. The zero-order valence-electron chi connectivity index (χ0n) is 15.1. The summed E-state index contributed by atoms with van der Waals surface area (Å²) in [4.78, 5) is 16.8. The van der Waals surface area contributed by atoms with Crippen molar-refractivity contribution in [2.75, 3.05) is 6.54 Å². The number of carbonyl (C=O) groups is 1. The van der Waals surface area contributed by atoms with Crippen LogP contribution in [0, 0.1) is 12.8 Å². The maximum absolute atomic E-state index is 12.5. The molecule has 2 aromatic heterocycles. The van der Waals surface area contributed by atoms with Gasteiger partial charge in [-0.3, -0.25) is 20.0 Å². The van der Waals surface area contributed by atoms with E-state index in [9.17, 15) is 4.79 Å². The van der Waals surface area contributed by atoms with Gasteiger partial charge in [-0.2, -0.15) is 0 Å². The fourth-order valence-electron chi connectivity index (χ4n) is 2.78. The molecule has 0 aliphatic rings. The highest BCUT2D eigenvalue weighted by atomic mass is 32.1. The minimum atomic E-state index is -0.265. The number of hydrogen-bond acceptors (Lipinski definition) is 3. The summed E-state index contributed by atoms with van der Waals surface area (Å²) in [5.41, 5.74) is 7.35. The predicted octanol–water partition coefficient (Wildman–Crippen LogP) is 2.97. The fraction of sp³-hybridized carbons (Fsp3) is 0.500. The summed E-state index contributed by atoms with van der Waals surface area (Å²) in [6.07, 6.45) is 6.55. The molecule has 7 heteroatoms. The van der Waals surface area contributed by atoms with Crippen molar-refractivity contribution >= 4 is 28.9 Å². The molecule has 0 aliphatic heterocycles. The van der Waals surface area contributed by atoms with Gasteiger partial charge in [0.05, 0.1) is 5.69 Å². The van der Waals surface area contributed by atoms with Crippen molar-refractivity contribution in [1.29, 1.82) is 0 Å². The molecular weight excluding hydrogens is 334 g/mol. The Morgan fingerprint density at radius 3 is 2.84 bits per heavy atom. The number of nitrogens with zero attached hydrogens (tertiary/aromatic N) is 2. The smallest absolute Gasteiger partial charge is 0.288 e. The van der Waals surface area contributed by atoms with Gasteiger partial charge in [0, 0.05) is 12.7 Å². The molecule has 1 amide bonds. The number of nitrogens with one attached hydrogen (secondary N) is 3. The Morgan fingerprint density at radius 2 is 2.12 bits per heavy atom. The van der Waals surface area contributed by atoms with Gasteiger partial charge in [0.15, 0.2) is 5.11 Å². The molecule has 0 aliphatic carbocycles. The number of thiocarbonyl (C=S) groups is 1. The van der Waals surface area contributed by atoms with Gasteiger partial charge >= 0.3 is 0 Å². The van der Waals surface area contributed by atoms with Crippen molar-refractivity contribution in [3.63, 3.8) is 0 Å². The summed E-state index contributed by atoms with van der Waals surface area (Å²) >= 11 is 5.25. The number of imidazole rings is 1. The maximum Gasteiger partial charge on any atom is 0.288 e. The van der Waals surface area contributed by atoms with Crippen molar-refractivity contribution in [3.05, 3.63) is 35.8 Å². The zero-order valence-corrected chi connectivity index (χ0v) is 15.9. The number of fused-ring (bicyclic) bond motifs is 1. The Balaban J connectivity index is 1.86. The third-order valence-electron chi connectivity index (χ3n) is 4.30. The third kappa shape index (κ3) is 5.16. The van der Waals surface area contributed by atoms with Crippen LogP contribution in [0.3, 0.4) is 0 Å². The topological polar surface area (TPSA) is 70.5 Å². The van der Waals surface area contributed by atoms with Crippen LogP contribution in [0.4, 0.5) is 0 Å². The molecule has 0 saturated carbocycles. The molecule has 0 fully saturated rings. The largest absolute Gasteiger partial charge is 0.361 e. The number of carbonyl (C=O) groups excluding carboxylic acids is 1. The number of pyridine rings is 1. The summed E-state index contributed by atoms with van der Waals surface area (Å²) in [7, 11) is 0. The first-order valence-electron chi connectivity index (χ1n) is 8.84. The first-order chi connectivity index (χ1) is 12.1. The Hall–Kier alpha value is -2.15. The van der Waals surface area contributed by atoms with E-state index in [0.717, 1.165) is 18.6 Å². The summed E-state index contributed by atoms with van der Waals surface area (Å²) in [5, 5.41) is 3.60.